The normalized spacial score (nSPS) is 10.6. The Hall–Kier alpha value is -0.900. The number of nitrogens with zero attached hydrogens (tertiary/aromatic N) is 1. The molecule has 0 fully saturated rings. The molecule has 0 saturated carbocycles. The highest BCUT2D eigenvalue weighted by atomic mass is 79.9. The van der Waals surface area contributed by atoms with Crippen LogP contribution in [0.25, 0.3) is 0 Å². The molecule has 4 heteroatoms. The average Bonchev–Trinajstić information content (AvgIpc) is 2.40. The maximum absolute atomic E-state index is 6.04. The Balaban J connectivity index is 1.77. The smallest absolute Gasteiger partial charge is 0.0551 e. The number of pyridine rings is 1. The van der Waals surface area contributed by atoms with Gasteiger partial charge in [0, 0.05) is 23.4 Å². The fourth-order valence-electron chi connectivity index (χ4n) is 1.66. The van der Waals surface area contributed by atoms with Gasteiger partial charge in [0.05, 0.1) is 5.02 Å². The first kappa shape index (κ1) is 13.5. The first-order valence-electron chi connectivity index (χ1n) is 5.79. The summed E-state index contributed by atoms with van der Waals surface area (Å²) in [4.78, 5) is 4.09. The summed E-state index contributed by atoms with van der Waals surface area (Å²) in [6, 6.07) is 10.1. The quantitative estimate of drug-likeness (QED) is 0.845. The molecule has 0 amide bonds. The van der Waals surface area contributed by atoms with E-state index in [1.165, 1.54) is 11.1 Å². The molecule has 18 heavy (non-hydrogen) atoms. The Labute approximate surface area is 121 Å². The monoisotopic (exact) mass is 324 g/mol. The van der Waals surface area contributed by atoms with Gasteiger partial charge < -0.3 is 5.32 Å². The number of benzene rings is 1. The molecular formula is C14H14BrClN2. The molecule has 0 saturated heterocycles. The van der Waals surface area contributed by atoms with E-state index < -0.39 is 0 Å². The molecule has 0 radical (unpaired) electrons. The van der Waals surface area contributed by atoms with E-state index in [0.717, 1.165) is 29.0 Å². The number of aromatic nitrogens is 1. The van der Waals surface area contributed by atoms with Crippen molar-refractivity contribution in [2.24, 2.45) is 0 Å². The highest BCUT2D eigenvalue weighted by Crippen LogP contribution is 2.22. The summed E-state index contributed by atoms with van der Waals surface area (Å²) in [6.45, 7) is 1.76. The van der Waals surface area contributed by atoms with Crippen LogP contribution in [0.5, 0.6) is 0 Å². The molecule has 1 aromatic carbocycles. The first-order valence-corrected chi connectivity index (χ1v) is 6.96. The molecule has 2 aromatic rings. The maximum atomic E-state index is 6.04. The molecule has 1 heterocycles. The summed E-state index contributed by atoms with van der Waals surface area (Å²) >= 11 is 9.42. The predicted molar refractivity (Wildman–Crippen MR) is 78.8 cm³/mol. The lowest BCUT2D eigenvalue weighted by Gasteiger charge is -2.06. The zero-order chi connectivity index (χ0) is 12.8. The Bertz CT molecular complexity index is 502. The van der Waals surface area contributed by atoms with Crippen molar-refractivity contribution in [3.05, 3.63) is 63.3 Å². The number of hydrogen-bond acceptors (Lipinski definition) is 2. The Morgan fingerprint density at radius 1 is 1.22 bits per heavy atom. The van der Waals surface area contributed by atoms with E-state index in [4.69, 9.17) is 11.6 Å². The minimum absolute atomic E-state index is 0.751. The molecule has 0 aliphatic rings. The third-order valence-corrected chi connectivity index (χ3v) is 3.86. The highest BCUT2D eigenvalue weighted by molar-refractivity contribution is 9.10. The molecule has 2 nitrogen and oxygen atoms in total. The van der Waals surface area contributed by atoms with Crippen molar-refractivity contribution in [2.45, 2.75) is 13.0 Å². The van der Waals surface area contributed by atoms with Crippen LogP contribution in [0.4, 0.5) is 0 Å². The van der Waals surface area contributed by atoms with Gasteiger partial charge in [-0.05, 0) is 58.2 Å². The minimum Gasteiger partial charge on any atom is -0.312 e. The van der Waals surface area contributed by atoms with Crippen LogP contribution in [0.15, 0.2) is 47.2 Å². The molecule has 0 aliphatic heterocycles. The van der Waals surface area contributed by atoms with Gasteiger partial charge in [-0.3, -0.25) is 4.98 Å². The lowest BCUT2D eigenvalue weighted by Crippen LogP contribution is -2.16. The second kappa shape index (κ2) is 6.88. The van der Waals surface area contributed by atoms with Gasteiger partial charge in [-0.15, -0.1) is 0 Å². The maximum Gasteiger partial charge on any atom is 0.0551 e. The molecule has 0 atom stereocenters. The molecule has 0 bridgehead atoms. The van der Waals surface area contributed by atoms with E-state index in [1.54, 1.807) is 6.20 Å². The number of hydrogen-bond donors (Lipinski definition) is 1. The van der Waals surface area contributed by atoms with Crippen LogP contribution < -0.4 is 5.32 Å². The number of nitrogens with one attached hydrogen (secondary N) is 1. The molecule has 0 spiro atoms. The minimum atomic E-state index is 0.751. The fraction of sp³-hybridized carbons (Fsp3) is 0.214. The van der Waals surface area contributed by atoms with Crippen LogP contribution in [0, 0.1) is 0 Å². The van der Waals surface area contributed by atoms with Crippen molar-refractivity contribution in [1.29, 1.82) is 0 Å². The Morgan fingerprint density at radius 2 is 2.11 bits per heavy atom. The topological polar surface area (TPSA) is 24.9 Å². The molecule has 1 N–H and O–H groups in total. The summed E-state index contributed by atoms with van der Waals surface area (Å²) in [7, 11) is 0. The molecule has 0 aliphatic carbocycles. The average molecular weight is 326 g/mol. The fourth-order valence-corrected chi connectivity index (χ4v) is 2.11. The first-order chi connectivity index (χ1) is 8.75. The molecule has 0 unspecified atom stereocenters. The van der Waals surface area contributed by atoms with Gasteiger partial charge >= 0.3 is 0 Å². The third-order valence-electron chi connectivity index (χ3n) is 2.63. The van der Waals surface area contributed by atoms with Crippen LogP contribution >= 0.6 is 27.5 Å². The SMILES string of the molecule is Clc1cc(CNCCc2cccnc2)ccc1Br. The van der Waals surface area contributed by atoms with Crippen molar-refractivity contribution in [3.8, 4) is 0 Å². The van der Waals surface area contributed by atoms with E-state index in [2.05, 4.69) is 38.4 Å². The van der Waals surface area contributed by atoms with E-state index in [1.807, 2.05) is 24.4 Å². The van der Waals surface area contributed by atoms with Crippen LogP contribution in [0.3, 0.4) is 0 Å². The van der Waals surface area contributed by atoms with E-state index >= 15 is 0 Å². The van der Waals surface area contributed by atoms with Crippen molar-refractivity contribution in [2.75, 3.05) is 6.54 Å². The van der Waals surface area contributed by atoms with E-state index in [0.29, 0.717) is 0 Å². The largest absolute Gasteiger partial charge is 0.312 e. The second-order valence-electron chi connectivity index (χ2n) is 4.04. The van der Waals surface area contributed by atoms with Crippen LogP contribution in [0.2, 0.25) is 5.02 Å². The van der Waals surface area contributed by atoms with Crippen molar-refractivity contribution >= 4 is 27.5 Å². The van der Waals surface area contributed by atoms with Gasteiger partial charge in [0.25, 0.3) is 0 Å². The molecule has 2 rings (SSSR count). The van der Waals surface area contributed by atoms with Crippen molar-refractivity contribution < 1.29 is 0 Å². The van der Waals surface area contributed by atoms with E-state index in [-0.39, 0.29) is 0 Å². The van der Waals surface area contributed by atoms with Gasteiger partial charge in [0.15, 0.2) is 0 Å². The second-order valence-corrected chi connectivity index (χ2v) is 5.30. The Kier molecular flexibility index (Phi) is 5.17. The van der Waals surface area contributed by atoms with Gasteiger partial charge in [0.1, 0.15) is 0 Å². The lowest BCUT2D eigenvalue weighted by atomic mass is 10.2. The van der Waals surface area contributed by atoms with Gasteiger partial charge in [0.2, 0.25) is 0 Å². The number of rotatable bonds is 5. The zero-order valence-electron chi connectivity index (χ0n) is 9.87. The van der Waals surface area contributed by atoms with Crippen molar-refractivity contribution in [1.82, 2.24) is 10.3 Å². The number of halogens is 2. The van der Waals surface area contributed by atoms with Gasteiger partial charge in [-0.25, -0.2) is 0 Å². The Morgan fingerprint density at radius 3 is 2.83 bits per heavy atom. The molecule has 1 aromatic heterocycles. The predicted octanol–water partition coefficient (Wildman–Crippen LogP) is 3.83. The van der Waals surface area contributed by atoms with Crippen molar-refractivity contribution in [3.63, 3.8) is 0 Å². The summed E-state index contributed by atoms with van der Waals surface area (Å²) in [5.74, 6) is 0. The summed E-state index contributed by atoms with van der Waals surface area (Å²) in [5, 5.41) is 4.15. The van der Waals surface area contributed by atoms with Crippen LogP contribution in [-0.2, 0) is 13.0 Å². The van der Waals surface area contributed by atoms with Gasteiger partial charge in [-0.1, -0.05) is 23.7 Å². The summed E-state index contributed by atoms with van der Waals surface area (Å²) < 4.78 is 0.934. The summed E-state index contributed by atoms with van der Waals surface area (Å²) in [6.07, 6.45) is 4.68. The highest BCUT2D eigenvalue weighted by Gasteiger charge is 1.99. The zero-order valence-corrected chi connectivity index (χ0v) is 12.2. The summed E-state index contributed by atoms with van der Waals surface area (Å²) in [5.41, 5.74) is 2.44. The third kappa shape index (κ3) is 4.09. The standard InChI is InChI=1S/C14H14BrClN2/c15-13-4-3-12(8-14(13)16)10-18-7-5-11-2-1-6-17-9-11/h1-4,6,8-9,18H,5,7,10H2. The van der Waals surface area contributed by atoms with E-state index in [9.17, 15) is 0 Å². The van der Waals surface area contributed by atoms with Gasteiger partial charge in [-0.2, -0.15) is 0 Å². The lowest BCUT2D eigenvalue weighted by molar-refractivity contribution is 0.686. The van der Waals surface area contributed by atoms with Crippen LogP contribution in [0.1, 0.15) is 11.1 Å². The molecule has 94 valence electrons. The van der Waals surface area contributed by atoms with Crippen LogP contribution in [-0.4, -0.2) is 11.5 Å². The molecular weight excluding hydrogens is 312 g/mol.